The van der Waals surface area contributed by atoms with Gasteiger partial charge in [0.05, 0.1) is 17.7 Å². The third kappa shape index (κ3) is 4.50. The van der Waals surface area contributed by atoms with Gasteiger partial charge >= 0.3 is 0 Å². The SMILES string of the molecule is C[C@H](Oc1ccc(-c2ccc(C#N)cc2)cc1)C(=O)NC1(C#N)CCCCC1. The van der Waals surface area contributed by atoms with Gasteiger partial charge in [-0.1, -0.05) is 43.5 Å². The third-order valence-corrected chi connectivity index (χ3v) is 5.17. The first-order valence-corrected chi connectivity index (χ1v) is 9.56. The Balaban J connectivity index is 1.62. The fourth-order valence-electron chi connectivity index (χ4n) is 3.48. The molecule has 2 aromatic rings. The van der Waals surface area contributed by atoms with Gasteiger partial charge in [0.2, 0.25) is 0 Å². The molecule has 0 aromatic heterocycles. The number of hydrogen-bond acceptors (Lipinski definition) is 4. The van der Waals surface area contributed by atoms with Crippen LogP contribution >= 0.6 is 0 Å². The minimum absolute atomic E-state index is 0.264. The lowest BCUT2D eigenvalue weighted by molar-refractivity contribution is -0.129. The number of nitriles is 2. The van der Waals surface area contributed by atoms with Crippen LogP contribution in [-0.4, -0.2) is 17.6 Å². The van der Waals surface area contributed by atoms with Crippen LogP contribution in [0.2, 0.25) is 0 Å². The lowest BCUT2D eigenvalue weighted by Crippen LogP contribution is -2.52. The van der Waals surface area contributed by atoms with Crippen molar-refractivity contribution in [1.82, 2.24) is 5.32 Å². The van der Waals surface area contributed by atoms with E-state index in [1.54, 1.807) is 19.1 Å². The van der Waals surface area contributed by atoms with Gasteiger partial charge in [0.1, 0.15) is 11.3 Å². The van der Waals surface area contributed by atoms with E-state index in [1.807, 2.05) is 36.4 Å². The maximum Gasteiger partial charge on any atom is 0.262 e. The molecular formula is C23H23N3O2. The largest absolute Gasteiger partial charge is 0.481 e. The molecule has 3 rings (SSSR count). The van der Waals surface area contributed by atoms with E-state index in [0.717, 1.165) is 30.4 Å². The second-order valence-electron chi connectivity index (χ2n) is 7.22. The Hall–Kier alpha value is -3.31. The van der Waals surface area contributed by atoms with Crippen LogP contribution in [0.1, 0.15) is 44.6 Å². The molecule has 1 atom stereocenters. The molecule has 1 aliphatic rings. The molecule has 142 valence electrons. The van der Waals surface area contributed by atoms with Gasteiger partial charge in [0.15, 0.2) is 6.10 Å². The highest BCUT2D eigenvalue weighted by Crippen LogP contribution is 2.28. The van der Waals surface area contributed by atoms with Crippen molar-refractivity contribution in [2.45, 2.75) is 50.7 Å². The van der Waals surface area contributed by atoms with Gasteiger partial charge in [-0.05, 0) is 55.2 Å². The van der Waals surface area contributed by atoms with Crippen LogP contribution in [0.3, 0.4) is 0 Å². The van der Waals surface area contributed by atoms with Gasteiger partial charge in [-0.15, -0.1) is 0 Å². The molecule has 1 saturated carbocycles. The molecule has 2 aromatic carbocycles. The maximum atomic E-state index is 12.5. The van der Waals surface area contributed by atoms with Crippen molar-refractivity contribution < 1.29 is 9.53 Å². The number of nitrogens with zero attached hydrogens (tertiary/aromatic N) is 2. The molecule has 0 aliphatic heterocycles. The minimum Gasteiger partial charge on any atom is -0.481 e. The summed E-state index contributed by atoms with van der Waals surface area (Å²) in [7, 11) is 0. The van der Waals surface area contributed by atoms with E-state index in [4.69, 9.17) is 10.00 Å². The summed E-state index contributed by atoms with van der Waals surface area (Å²) in [5, 5.41) is 21.3. The Labute approximate surface area is 165 Å². The Morgan fingerprint density at radius 1 is 1.00 bits per heavy atom. The van der Waals surface area contributed by atoms with Crippen LogP contribution in [0.5, 0.6) is 5.75 Å². The van der Waals surface area contributed by atoms with E-state index < -0.39 is 11.6 Å². The van der Waals surface area contributed by atoms with Gasteiger partial charge < -0.3 is 10.1 Å². The smallest absolute Gasteiger partial charge is 0.262 e. The molecule has 1 N–H and O–H groups in total. The van der Waals surface area contributed by atoms with E-state index in [-0.39, 0.29) is 5.91 Å². The van der Waals surface area contributed by atoms with Gasteiger partial charge in [-0.2, -0.15) is 10.5 Å². The molecule has 0 spiro atoms. The van der Waals surface area contributed by atoms with Gasteiger partial charge in [-0.25, -0.2) is 0 Å². The van der Waals surface area contributed by atoms with Crippen molar-refractivity contribution in [3.8, 4) is 29.0 Å². The number of amides is 1. The van der Waals surface area contributed by atoms with Gasteiger partial charge in [0.25, 0.3) is 5.91 Å². The first-order valence-electron chi connectivity index (χ1n) is 9.56. The number of hydrogen-bond donors (Lipinski definition) is 1. The summed E-state index contributed by atoms with van der Waals surface area (Å²) in [6.45, 7) is 1.69. The molecule has 0 heterocycles. The molecular weight excluding hydrogens is 350 g/mol. The normalized spacial score (nSPS) is 16.2. The number of rotatable bonds is 5. The van der Waals surface area contributed by atoms with E-state index in [0.29, 0.717) is 24.2 Å². The maximum absolute atomic E-state index is 12.5. The van der Waals surface area contributed by atoms with E-state index in [1.165, 1.54) is 0 Å². The molecule has 0 saturated heterocycles. The quantitative estimate of drug-likeness (QED) is 0.845. The van der Waals surface area contributed by atoms with Crippen molar-refractivity contribution in [3.63, 3.8) is 0 Å². The summed E-state index contributed by atoms with van der Waals surface area (Å²) in [6.07, 6.45) is 3.73. The van der Waals surface area contributed by atoms with Crippen LogP contribution in [0.25, 0.3) is 11.1 Å². The molecule has 28 heavy (non-hydrogen) atoms. The number of carbonyl (C=O) groups is 1. The number of carbonyl (C=O) groups excluding carboxylic acids is 1. The Kier molecular flexibility index (Phi) is 5.96. The Bertz CT molecular complexity index is 899. The van der Waals surface area contributed by atoms with E-state index in [9.17, 15) is 10.1 Å². The zero-order valence-corrected chi connectivity index (χ0v) is 15.9. The number of ether oxygens (including phenoxy) is 1. The van der Waals surface area contributed by atoms with Gasteiger partial charge in [-0.3, -0.25) is 4.79 Å². The number of benzene rings is 2. The second-order valence-corrected chi connectivity index (χ2v) is 7.22. The summed E-state index contributed by atoms with van der Waals surface area (Å²) in [5.74, 6) is 0.328. The van der Waals surface area contributed by atoms with Crippen molar-refractivity contribution in [3.05, 3.63) is 54.1 Å². The number of nitrogens with one attached hydrogen (secondary N) is 1. The van der Waals surface area contributed by atoms with Crippen LogP contribution in [0.4, 0.5) is 0 Å². The molecule has 0 unspecified atom stereocenters. The molecule has 1 fully saturated rings. The van der Waals surface area contributed by atoms with E-state index in [2.05, 4.69) is 17.5 Å². The average molecular weight is 373 g/mol. The summed E-state index contributed by atoms with van der Waals surface area (Å²) < 4.78 is 5.77. The first-order chi connectivity index (χ1) is 13.5. The lowest BCUT2D eigenvalue weighted by atomic mass is 9.83. The van der Waals surface area contributed by atoms with Crippen LogP contribution in [-0.2, 0) is 4.79 Å². The standard InChI is InChI=1S/C23H23N3O2/c1-17(22(27)26-23(16-25)13-3-2-4-14-23)28-21-11-9-20(10-12-21)19-7-5-18(15-24)6-8-19/h5-12,17H,2-4,13-14H2,1H3,(H,26,27)/t17-/m0/s1. The first kappa shape index (κ1) is 19.5. The van der Waals surface area contributed by atoms with Crippen LogP contribution in [0.15, 0.2) is 48.5 Å². The summed E-state index contributed by atoms with van der Waals surface area (Å²) >= 11 is 0. The lowest BCUT2D eigenvalue weighted by Gasteiger charge is -2.32. The van der Waals surface area contributed by atoms with Gasteiger partial charge in [0, 0.05) is 0 Å². The second kappa shape index (κ2) is 8.59. The molecule has 1 amide bonds. The van der Waals surface area contributed by atoms with Crippen LogP contribution in [0, 0.1) is 22.7 Å². The predicted molar refractivity (Wildman–Crippen MR) is 106 cm³/mol. The zero-order valence-electron chi connectivity index (χ0n) is 15.9. The highest BCUT2D eigenvalue weighted by molar-refractivity contribution is 5.82. The summed E-state index contributed by atoms with van der Waals surface area (Å²) in [5.41, 5.74) is 1.87. The molecule has 0 radical (unpaired) electrons. The van der Waals surface area contributed by atoms with Crippen molar-refractivity contribution in [2.24, 2.45) is 0 Å². The minimum atomic E-state index is -0.758. The molecule has 0 bridgehead atoms. The van der Waals surface area contributed by atoms with Crippen molar-refractivity contribution in [1.29, 1.82) is 10.5 Å². The fourth-order valence-corrected chi connectivity index (χ4v) is 3.48. The summed E-state index contributed by atoms with van der Waals surface area (Å²) in [6, 6.07) is 19.2. The third-order valence-electron chi connectivity index (χ3n) is 5.17. The monoisotopic (exact) mass is 373 g/mol. The molecule has 5 heteroatoms. The van der Waals surface area contributed by atoms with E-state index >= 15 is 0 Å². The Morgan fingerprint density at radius 3 is 2.11 bits per heavy atom. The fraction of sp³-hybridized carbons (Fsp3) is 0.348. The molecule has 5 nitrogen and oxygen atoms in total. The zero-order chi connectivity index (χ0) is 20.0. The molecule has 1 aliphatic carbocycles. The topological polar surface area (TPSA) is 85.9 Å². The summed E-state index contributed by atoms with van der Waals surface area (Å²) in [4.78, 5) is 12.5. The van der Waals surface area contributed by atoms with Crippen molar-refractivity contribution in [2.75, 3.05) is 0 Å². The van der Waals surface area contributed by atoms with Crippen molar-refractivity contribution >= 4 is 5.91 Å². The van der Waals surface area contributed by atoms with Crippen LogP contribution < -0.4 is 10.1 Å². The average Bonchev–Trinajstić information content (AvgIpc) is 2.75. The highest BCUT2D eigenvalue weighted by atomic mass is 16.5. The highest BCUT2D eigenvalue weighted by Gasteiger charge is 2.35. The predicted octanol–water partition coefficient (Wildman–Crippen LogP) is 4.34. The Morgan fingerprint density at radius 2 is 1.57 bits per heavy atom.